The summed E-state index contributed by atoms with van der Waals surface area (Å²) in [5.74, 6) is 0.361. The molecule has 0 saturated carbocycles. The quantitative estimate of drug-likeness (QED) is 0.680. The van der Waals surface area contributed by atoms with E-state index in [1.54, 1.807) is 6.92 Å². The Balaban J connectivity index is 2.16. The second-order valence-corrected chi connectivity index (χ2v) is 3.38. The van der Waals surface area contributed by atoms with E-state index in [4.69, 9.17) is 9.47 Å². The molecule has 1 aromatic rings. The molecule has 0 amide bonds. The van der Waals surface area contributed by atoms with E-state index in [2.05, 4.69) is 4.99 Å². The summed E-state index contributed by atoms with van der Waals surface area (Å²) in [7, 11) is 0. The number of carbonyl (C=O) groups is 1. The van der Waals surface area contributed by atoms with Crippen molar-refractivity contribution in [2.24, 2.45) is 4.99 Å². The van der Waals surface area contributed by atoms with Gasteiger partial charge in [0.25, 0.3) is 0 Å². The lowest BCUT2D eigenvalue weighted by atomic mass is 10.0. The Morgan fingerprint density at radius 2 is 2.25 bits per heavy atom. The van der Waals surface area contributed by atoms with Crippen molar-refractivity contribution in [2.75, 3.05) is 13.2 Å². The number of hydrogen-bond donors (Lipinski definition) is 0. The van der Waals surface area contributed by atoms with Crippen molar-refractivity contribution in [2.45, 2.75) is 13.3 Å². The first-order chi connectivity index (χ1) is 7.81. The maximum atomic E-state index is 11.2. The minimum atomic E-state index is -0.696. The summed E-state index contributed by atoms with van der Waals surface area (Å²) in [5.41, 5.74) is 2.03. The molecular formula is C12H13NO3. The fourth-order valence-corrected chi connectivity index (χ4v) is 1.62. The van der Waals surface area contributed by atoms with Crippen molar-refractivity contribution in [3.05, 3.63) is 35.4 Å². The van der Waals surface area contributed by atoms with E-state index < -0.39 is 6.16 Å². The second-order valence-electron chi connectivity index (χ2n) is 3.38. The average molecular weight is 219 g/mol. The minimum absolute atomic E-state index is 0.299. The zero-order valence-electron chi connectivity index (χ0n) is 9.10. The number of hydrogen-bond acceptors (Lipinski definition) is 4. The lowest BCUT2D eigenvalue weighted by Crippen LogP contribution is -2.20. The molecular weight excluding hydrogens is 206 g/mol. The monoisotopic (exact) mass is 219 g/mol. The van der Waals surface area contributed by atoms with Gasteiger partial charge in [0.2, 0.25) is 5.90 Å². The zero-order valence-corrected chi connectivity index (χ0v) is 9.10. The van der Waals surface area contributed by atoms with Crippen molar-refractivity contribution in [1.29, 1.82) is 0 Å². The Morgan fingerprint density at radius 1 is 1.44 bits per heavy atom. The van der Waals surface area contributed by atoms with Crippen LogP contribution in [0.5, 0.6) is 0 Å². The van der Waals surface area contributed by atoms with Crippen LogP contribution < -0.4 is 0 Å². The highest BCUT2D eigenvalue weighted by atomic mass is 16.7. The highest BCUT2D eigenvalue weighted by Gasteiger charge is 2.18. The van der Waals surface area contributed by atoms with Crippen LogP contribution in [0.3, 0.4) is 0 Å². The second kappa shape index (κ2) is 4.79. The predicted octanol–water partition coefficient (Wildman–Crippen LogP) is 2.16. The van der Waals surface area contributed by atoms with Crippen molar-refractivity contribution in [3.63, 3.8) is 0 Å². The van der Waals surface area contributed by atoms with Gasteiger partial charge < -0.3 is 9.47 Å². The molecule has 0 atom stereocenters. The van der Waals surface area contributed by atoms with Crippen molar-refractivity contribution in [1.82, 2.24) is 0 Å². The molecule has 0 fully saturated rings. The van der Waals surface area contributed by atoms with Gasteiger partial charge in [-0.3, -0.25) is 4.99 Å². The summed E-state index contributed by atoms with van der Waals surface area (Å²) in [6.07, 6.45) is 0.184. The molecule has 1 heterocycles. The molecule has 0 radical (unpaired) electrons. The van der Waals surface area contributed by atoms with E-state index in [-0.39, 0.29) is 0 Å². The van der Waals surface area contributed by atoms with Gasteiger partial charge in [0, 0.05) is 12.1 Å². The standard InChI is InChI=1S/C12H13NO3/c1-2-15-12(14)16-11-10-6-4-3-5-9(10)7-8-13-11/h3-6H,2,7-8H2,1H3. The molecule has 4 heteroatoms. The van der Waals surface area contributed by atoms with Gasteiger partial charge in [-0.2, -0.15) is 0 Å². The molecule has 1 aliphatic rings. The molecule has 0 bridgehead atoms. The molecule has 0 N–H and O–H groups in total. The first kappa shape index (κ1) is 10.7. The van der Waals surface area contributed by atoms with Gasteiger partial charge in [-0.05, 0) is 25.0 Å². The molecule has 1 aromatic carbocycles. The number of ether oxygens (including phenoxy) is 2. The summed E-state index contributed by atoms with van der Waals surface area (Å²) in [4.78, 5) is 15.4. The molecule has 16 heavy (non-hydrogen) atoms. The fourth-order valence-electron chi connectivity index (χ4n) is 1.62. The van der Waals surface area contributed by atoms with Crippen LogP contribution in [0, 0.1) is 0 Å². The third-order valence-electron chi connectivity index (χ3n) is 2.33. The normalized spacial score (nSPS) is 13.7. The molecule has 0 aromatic heterocycles. The Hall–Kier alpha value is -1.84. The Kier molecular flexibility index (Phi) is 3.19. The largest absolute Gasteiger partial charge is 0.515 e. The van der Waals surface area contributed by atoms with Crippen LogP contribution >= 0.6 is 0 Å². The number of nitrogens with zero attached hydrogens (tertiary/aromatic N) is 1. The maximum Gasteiger partial charge on any atom is 0.515 e. The SMILES string of the molecule is CCOC(=O)OC1=NCCc2ccccc21. The first-order valence-corrected chi connectivity index (χ1v) is 5.28. The summed E-state index contributed by atoms with van der Waals surface area (Å²) < 4.78 is 9.76. The number of fused-ring (bicyclic) bond motifs is 1. The van der Waals surface area contributed by atoms with Crippen molar-refractivity contribution < 1.29 is 14.3 Å². The smallest absolute Gasteiger partial charge is 0.434 e. The van der Waals surface area contributed by atoms with Crippen LogP contribution in [-0.2, 0) is 15.9 Å². The minimum Gasteiger partial charge on any atom is -0.434 e. The summed E-state index contributed by atoms with van der Waals surface area (Å²) >= 11 is 0. The molecule has 0 spiro atoms. The fraction of sp³-hybridized carbons (Fsp3) is 0.333. The van der Waals surface area contributed by atoms with E-state index in [1.165, 1.54) is 0 Å². The number of carbonyl (C=O) groups excluding carboxylic acids is 1. The summed E-state index contributed by atoms with van der Waals surface area (Å²) in [6.45, 7) is 2.68. The molecule has 2 rings (SSSR count). The van der Waals surface area contributed by atoms with Crippen LogP contribution in [0.15, 0.2) is 29.3 Å². The van der Waals surface area contributed by atoms with Crippen molar-refractivity contribution >= 4 is 12.1 Å². The van der Waals surface area contributed by atoms with E-state index in [9.17, 15) is 4.79 Å². The van der Waals surface area contributed by atoms with Gasteiger partial charge in [0.05, 0.1) is 6.61 Å². The maximum absolute atomic E-state index is 11.2. The van der Waals surface area contributed by atoms with Crippen LogP contribution in [0.4, 0.5) is 4.79 Å². The van der Waals surface area contributed by atoms with Gasteiger partial charge >= 0.3 is 6.16 Å². The first-order valence-electron chi connectivity index (χ1n) is 5.28. The Morgan fingerprint density at radius 3 is 3.06 bits per heavy atom. The third kappa shape index (κ3) is 2.21. The van der Waals surface area contributed by atoms with Gasteiger partial charge in [-0.1, -0.05) is 18.2 Å². The lowest BCUT2D eigenvalue weighted by molar-refractivity contribution is 0.100. The summed E-state index contributed by atoms with van der Waals surface area (Å²) in [5, 5.41) is 0. The van der Waals surface area contributed by atoms with Crippen LogP contribution in [-0.4, -0.2) is 25.2 Å². The van der Waals surface area contributed by atoms with Gasteiger partial charge in [0.1, 0.15) is 0 Å². The van der Waals surface area contributed by atoms with Crippen molar-refractivity contribution in [3.8, 4) is 0 Å². The van der Waals surface area contributed by atoms with Crippen LogP contribution in [0.25, 0.3) is 0 Å². The van der Waals surface area contributed by atoms with Gasteiger partial charge in [-0.25, -0.2) is 4.79 Å². The van der Waals surface area contributed by atoms with E-state index in [0.29, 0.717) is 19.0 Å². The average Bonchev–Trinajstić information content (AvgIpc) is 2.30. The van der Waals surface area contributed by atoms with Gasteiger partial charge in [-0.15, -0.1) is 0 Å². The number of rotatable bonds is 1. The summed E-state index contributed by atoms with van der Waals surface area (Å²) in [6, 6.07) is 7.77. The van der Waals surface area contributed by atoms with E-state index in [0.717, 1.165) is 17.5 Å². The Labute approximate surface area is 93.9 Å². The van der Waals surface area contributed by atoms with E-state index >= 15 is 0 Å². The van der Waals surface area contributed by atoms with E-state index in [1.807, 2.05) is 24.3 Å². The number of aliphatic imine (C=N–C) groups is 1. The zero-order chi connectivity index (χ0) is 11.4. The molecule has 0 aliphatic carbocycles. The highest BCUT2D eigenvalue weighted by Crippen LogP contribution is 2.16. The molecule has 84 valence electrons. The van der Waals surface area contributed by atoms with Crippen LogP contribution in [0.1, 0.15) is 18.1 Å². The molecule has 0 unspecified atom stereocenters. The van der Waals surface area contributed by atoms with Gasteiger partial charge in [0.15, 0.2) is 0 Å². The highest BCUT2D eigenvalue weighted by molar-refractivity contribution is 6.01. The molecule has 4 nitrogen and oxygen atoms in total. The topological polar surface area (TPSA) is 47.9 Å². The molecule has 0 saturated heterocycles. The molecule has 1 aliphatic heterocycles. The third-order valence-corrected chi connectivity index (χ3v) is 2.33. The Bertz CT molecular complexity index is 426. The predicted molar refractivity (Wildman–Crippen MR) is 59.7 cm³/mol. The van der Waals surface area contributed by atoms with Crippen LogP contribution in [0.2, 0.25) is 0 Å². The number of benzene rings is 1. The lowest BCUT2D eigenvalue weighted by Gasteiger charge is -2.15.